The van der Waals surface area contributed by atoms with Gasteiger partial charge in [-0.3, -0.25) is 0 Å². The van der Waals surface area contributed by atoms with Gasteiger partial charge in [0.15, 0.2) is 0 Å². The highest BCUT2D eigenvalue weighted by Gasteiger charge is 2.29. The smallest absolute Gasteiger partial charge is 0.0462 e. The van der Waals surface area contributed by atoms with Crippen LogP contribution in [0.2, 0.25) is 0 Å². The molecule has 1 unspecified atom stereocenters. The van der Waals surface area contributed by atoms with Crippen molar-refractivity contribution in [1.82, 2.24) is 4.90 Å². The van der Waals surface area contributed by atoms with Crippen molar-refractivity contribution in [3.63, 3.8) is 0 Å². The van der Waals surface area contributed by atoms with Gasteiger partial charge in [0.2, 0.25) is 0 Å². The van der Waals surface area contributed by atoms with E-state index in [2.05, 4.69) is 25.8 Å². The lowest BCUT2D eigenvalue weighted by Crippen LogP contribution is -2.43. The highest BCUT2D eigenvalue weighted by atomic mass is 16.5. The highest BCUT2D eigenvalue weighted by molar-refractivity contribution is 4.83. The van der Waals surface area contributed by atoms with Crippen molar-refractivity contribution in [2.24, 2.45) is 11.1 Å². The first kappa shape index (κ1) is 15.9. The maximum atomic E-state index is 6.18. The summed E-state index contributed by atoms with van der Waals surface area (Å²) in [5.41, 5.74) is 6.73. The fourth-order valence-electron chi connectivity index (χ4n) is 2.92. The molecule has 3 nitrogen and oxygen atoms in total. The zero-order valence-electron chi connectivity index (χ0n) is 12.7. The van der Waals surface area contributed by atoms with E-state index in [1.165, 1.54) is 25.7 Å². The Hall–Kier alpha value is -0.120. The van der Waals surface area contributed by atoms with Crippen LogP contribution in [0.15, 0.2) is 0 Å². The van der Waals surface area contributed by atoms with Crippen molar-refractivity contribution in [3.05, 3.63) is 0 Å². The number of hydrogen-bond acceptors (Lipinski definition) is 3. The van der Waals surface area contributed by atoms with Crippen LogP contribution in [0, 0.1) is 5.41 Å². The summed E-state index contributed by atoms with van der Waals surface area (Å²) >= 11 is 0. The van der Waals surface area contributed by atoms with Gasteiger partial charge in [-0.1, -0.05) is 13.8 Å². The maximum Gasteiger partial charge on any atom is 0.0462 e. The number of nitrogens with two attached hydrogens (primary N) is 1. The summed E-state index contributed by atoms with van der Waals surface area (Å²) in [6.07, 6.45) is 7.49. The second kappa shape index (κ2) is 7.46. The molecular formula is C15H32N2O. The van der Waals surface area contributed by atoms with Crippen molar-refractivity contribution in [3.8, 4) is 0 Å². The molecule has 1 fully saturated rings. The minimum Gasteiger partial charge on any atom is -0.385 e. The van der Waals surface area contributed by atoms with Crippen molar-refractivity contribution in [1.29, 1.82) is 0 Å². The predicted molar refractivity (Wildman–Crippen MR) is 77.8 cm³/mol. The number of likely N-dealkylation sites (N-methyl/N-ethyl adjacent to an activating group) is 1. The average molecular weight is 256 g/mol. The monoisotopic (exact) mass is 256 g/mol. The third-order valence-electron chi connectivity index (χ3n) is 4.38. The van der Waals surface area contributed by atoms with Gasteiger partial charge in [-0.05, 0) is 51.0 Å². The summed E-state index contributed by atoms with van der Waals surface area (Å²) in [6.45, 7) is 6.63. The fraction of sp³-hybridized carbons (Fsp3) is 1.00. The summed E-state index contributed by atoms with van der Waals surface area (Å²) in [6, 6.07) is 1.03. The Balaban J connectivity index is 2.22. The van der Waals surface area contributed by atoms with Gasteiger partial charge in [-0.15, -0.1) is 0 Å². The molecule has 0 aromatic heterocycles. The van der Waals surface area contributed by atoms with E-state index in [9.17, 15) is 0 Å². The molecule has 0 aromatic carbocycles. The van der Waals surface area contributed by atoms with E-state index in [1.54, 1.807) is 7.11 Å². The van der Waals surface area contributed by atoms with E-state index in [0.29, 0.717) is 11.5 Å². The summed E-state index contributed by atoms with van der Waals surface area (Å²) in [4.78, 5) is 2.48. The third kappa shape index (κ3) is 5.68. The number of ether oxygens (including phenoxy) is 1. The normalized spacial score (nSPS) is 22.3. The Kier molecular flexibility index (Phi) is 6.61. The molecule has 3 heteroatoms. The third-order valence-corrected chi connectivity index (χ3v) is 4.38. The van der Waals surface area contributed by atoms with E-state index >= 15 is 0 Å². The van der Waals surface area contributed by atoms with Crippen LogP contribution in [-0.2, 0) is 4.74 Å². The van der Waals surface area contributed by atoms with Gasteiger partial charge in [-0.25, -0.2) is 0 Å². The Bertz CT molecular complexity index is 221. The summed E-state index contributed by atoms with van der Waals surface area (Å²) < 4.78 is 5.07. The van der Waals surface area contributed by atoms with Crippen LogP contribution in [-0.4, -0.2) is 44.3 Å². The molecule has 18 heavy (non-hydrogen) atoms. The van der Waals surface area contributed by atoms with Crippen molar-refractivity contribution >= 4 is 0 Å². The predicted octanol–water partition coefficient (Wildman–Crippen LogP) is 2.64. The minimum atomic E-state index is 0.292. The van der Waals surface area contributed by atoms with E-state index in [0.717, 1.165) is 32.0 Å². The van der Waals surface area contributed by atoms with Crippen LogP contribution in [0.1, 0.15) is 52.4 Å². The molecule has 1 saturated carbocycles. The number of hydrogen-bond donors (Lipinski definition) is 1. The summed E-state index contributed by atoms with van der Waals surface area (Å²) in [7, 11) is 3.99. The van der Waals surface area contributed by atoms with E-state index in [1.807, 2.05) is 0 Å². The molecule has 1 aliphatic carbocycles. The van der Waals surface area contributed by atoms with Crippen molar-refractivity contribution in [2.75, 3.05) is 27.3 Å². The van der Waals surface area contributed by atoms with Gasteiger partial charge in [0.25, 0.3) is 0 Å². The number of nitrogens with zero attached hydrogens (tertiary/aromatic N) is 1. The number of rotatable bonds is 7. The second-order valence-corrected chi connectivity index (χ2v) is 6.73. The lowest BCUT2D eigenvalue weighted by atomic mass is 9.75. The highest BCUT2D eigenvalue weighted by Crippen LogP contribution is 2.36. The van der Waals surface area contributed by atoms with Gasteiger partial charge in [0.1, 0.15) is 0 Å². The standard InChI is InChI=1S/C15H32N2O/c1-15(2)9-7-14(8-10-15)17(3)12-13(16)6-5-11-18-4/h13-14H,5-12,16H2,1-4H3. The molecule has 0 amide bonds. The molecule has 0 heterocycles. The quantitative estimate of drug-likeness (QED) is 0.712. The van der Waals surface area contributed by atoms with E-state index in [4.69, 9.17) is 10.5 Å². The molecule has 1 atom stereocenters. The largest absolute Gasteiger partial charge is 0.385 e. The van der Waals surface area contributed by atoms with Crippen LogP contribution < -0.4 is 5.73 Å². The van der Waals surface area contributed by atoms with Crippen LogP contribution in [0.4, 0.5) is 0 Å². The van der Waals surface area contributed by atoms with Crippen LogP contribution in [0.5, 0.6) is 0 Å². The fourth-order valence-corrected chi connectivity index (χ4v) is 2.92. The van der Waals surface area contributed by atoms with Gasteiger partial charge in [-0.2, -0.15) is 0 Å². The van der Waals surface area contributed by atoms with Crippen molar-refractivity contribution < 1.29 is 4.74 Å². The molecule has 0 spiro atoms. The van der Waals surface area contributed by atoms with Crippen LogP contribution in [0.3, 0.4) is 0 Å². The Labute approximate surface area is 113 Å². The zero-order chi connectivity index (χ0) is 13.6. The maximum absolute atomic E-state index is 6.18. The molecular weight excluding hydrogens is 224 g/mol. The van der Waals surface area contributed by atoms with E-state index < -0.39 is 0 Å². The molecule has 1 rings (SSSR count). The first-order valence-electron chi connectivity index (χ1n) is 7.39. The molecule has 0 saturated heterocycles. The molecule has 0 radical (unpaired) electrons. The van der Waals surface area contributed by atoms with Crippen LogP contribution >= 0.6 is 0 Å². The first-order valence-corrected chi connectivity index (χ1v) is 7.39. The Morgan fingerprint density at radius 1 is 1.33 bits per heavy atom. The van der Waals surface area contributed by atoms with Gasteiger partial charge >= 0.3 is 0 Å². The van der Waals surface area contributed by atoms with Gasteiger partial charge in [0, 0.05) is 32.3 Å². The second-order valence-electron chi connectivity index (χ2n) is 6.73. The molecule has 1 aliphatic rings. The van der Waals surface area contributed by atoms with E-state index in [-0.39, 0.29) is 0 Å². The summed E-state index contributed by atoms with van der Waals surface area (Å²) in [5, 5.41) is 0. The Morgan fingerprint density at radius 3 is 2.50 bits per heavy atom. The Morgan fingerprint density at radius 2 is 1.94 bits per heavy atom. The minimum absolute atomic E-state index is 0.292. The SMILES string of the molecule is COCCCC(N)CN(C)C1CCC(C)(C)CC1. The lowest BCUT2D eigenvalue weighted by molar-refractivity contribution is 0.120. The first-order chi connectivity index (χ1) is 8.44. The average Bonchev–Trinajstić information content (AvgIpc) is 2.29. The van der Waals surface area contributed by atoms with Crippen molar-refractivity contribution in [2.45, 2.75) is 64.5 Å². The van der Waals surface area contributed by atoms with Gasteiger partial charge in [0.05, 0.1) is 0 Å². The van der Waals surface area contributed by atoms with Gasteiger partial charge < -0.3 is 15.4 Å². The lowest BCUT2D eigenvalue weighted by Gasteiger charge is -2.39. The summed E-state index contributed by atoms with van der Waals surface area (Å²) in [5.74, 6) is 0. The number of methoxy groups -OCH3 is 1. The molecule has 2 N–H and O–H groups in total. The molecule has 0 aromatic rings. The molecule has 108 valence electrons. The molecule has 0 aliphatic heterocycles. The zero-order valence-corrected chi connectivity index (χ0v) is 12.7. The molecule has 0 bridgehead atoms. The van der Waals surface area contributed by atoms with Crippen LogP contribution in [0.25, 0.3) is 0 Å². The topological polar surface area (TPSA) is 38.5 Å².